The number of rotatable bonds is 7. The van der Waals surface area contributed by atoms with Gasteiger partial charge in [-0.3, -0.25) is 4.79 Å². The van der Waals surface area contributed by atoms with Crippen LogP contribution in [0.2, 0.25) is 0 Å². The summed E-state index contributed by atoms with van der Waals surface area (Å²) in [6.45, 7) is 4.36. The van der Waals surface area contributed by atoms with Gasteiger partial charge in [-0.25, -0.2) is 0 Å². The van der Waals surface area contributed by atoms with Gasteiger partial charge in [-0.1, -0.05) is 12.1 Å². The molecule has 1 amide bonds. The number of nitrogens with one attached hydrogen (secondary N) is 1. The third-order valence-corrected chi connectivity index (χ3v) is 2.62. The smallest absolute Gasteiger partial charge is 0.220 e. The van der Waals surface area contributed by atoms with Crippen molar-refractivity contribution in [3.8, 4) is 5.75 Å². The van der Waals surface area contributed by atoms with Crippen LogP contribution >= 0.6 is 0 Å². The number of benzene rings is 1. The first-order valence-electron chi connectivity index (χ1n) is 6.25. The molecule has 0 aliphatic rings. The van der Waals surface area contributed by atoms with Gasteiger partial charge in [0.1, 0.15) is 5.75 Å². The summed E-state index contributed by atoms with van der Waals surface area (Å²) in [7, 11) is 0. The van der Waals surface area contributed by atoms with E-state index in [1.807, 2.05) is 38.1 Å². The van der Waals surface area contributed by atoms with Crippen LogP contribution in [0.1, 0.15) is 38.3 Å². The third-order valence-electron chi connectivity index (χ3n) is 2.62. The molecular weight excluding hydrogens is 246 g/mol. The molecule has 0 saturated heterocycles. The highest BCUT2D eigenvalue weighted by Gasteiger charge is 2.09. The Balaban J connectivity index is 2.50. The second-order valence-electron chi connectivity index (χ2n) is 4.16. The van der Waals surface area contributed by atoms with E-state index in [-0.39, 0.29) is 24.8 Å². The van der Waals surface area contributed by atoms with Crippen molar-refractivity contribution in [1.29, 1.82) is 0 Å². The summed E-state index contributed by atoms with van der Waals surface area (Å²) in [4.78, 5) is 21.7. The molecule has 1 aromatic rings. The molecule has 1 aromatic carbocycles. The summed E-state index contributed by atoms with van der Waals surface area (Å²) in [5, 5.41) is 13.0. The van der Waals surface area contributed by atoms with Crippen LogP contribution in [0.25, 0.3) is 0 Å². The van der Waals surface area contributed by atoms with Crippen LogP contribution in [0.15, 0.2) is 24.3 Å². The molecule has 0 aromatic heterocycles. The maximum absolute atomic E-state index is 11.5. The molecule has 0 heterocycles. The van der Waals surface area contributed by atoms with Crippen molar-refractivity contribution in [3.05, 3.63) is 29.8 Å². The molecule has 0 bridgehead atoms. The molecule has 104 valence electrons. The van der Waals surface area contributed by atoms with Gasteiger partial charge < -0.3 is 20.0 Å². The lowest BCUT2D eigenvalue weighted by molar-refractivity contribution is -0.305. The Morgan fingerprint density at radius 3 is 2.42 bits per heavy atom. The minimum absolute atomic E-state index is 0.0658. The normalized spacial score (nSPS) is 11.7. The fourth-order valence-corrected chi connectivity index (χ4v) is 1.63. The third kappa shape index (κ3) is 5.42. The Morgan fingerprint density at radius 1 is 1.26 bits per heavy atom. The number of amides is 1. The van der Waals surface area contributed by atoms with Gasteiger partial charge in [0.05, 0.1) is 12.6 Å². The lowest BCUT2D eigenvalue weighted by Crippen LogP contribution is -2.29. The van der Waals surface area contributed by atoms with Gasteiger partial charge in [0.15, 0.2) is 0 Å². The minimum atomic E-state index is -1.22. The Labute approximate surface area is 112 Å². The Morgan fingerprint density at radius 2 is 1.89 bits per heavy atom. The number of aliphatic carboxylic acids is 1. The van der Waals surface area contributed by atoms with Gasteiger partial charge in [0.2, 0.25) is 5.91 Å². The monoisotopic (exact) mass is 264 g/mol. The molecule has 1 rings (SSSR count). The summed E-state index contributed by atoms with van der Waals surface area (Å²) in [6, 6.07) is 7.24. The summed E-state index contributed by atoms with van der Waals surface area (Å²) >= 11 is 0. The lowest BCUT2D eigenvalue weighted by Gasteiger charge is -2.15. The van der Waals surface area contributed by atoms with Crippen molar-refractivity contribution in [2.75, 3.05) is 6.61 Å². The molecule has 0 saturated carbocycles. The highest BCUT2D eigenvalue weighted by Crippen LogP contribution is 2.17. The van der Waals surface area contributed by atoms with Gasteiger partial charge >= 0.3 is 0 Å². The summed E-state index contributed by atoms with van der Waals surface area (Å²) in [5.74, 6) is -0.740. The number of carbonyl (C=O) groups is 2. The second-order valence-corrected chi connectivity index (χ2v) is 4.16. The zero-order valence-corrected chi connectivity index (χ0v) is 11.1. The van der Waals surface area contributed by atoms with E-state index in [0.717, 1.165) is 11.3 Å². The number of hydrogen-bond acceptors (Lipinski definition) is 4. The zero-order valence-electron chi connectivity index (χ0n) is 11.1. The fourth-order valence-electron chi connectivity index (χ4n) is 1.63. The van der Waals surface area contributed by atoms with E-state index in [2.05, 4.69) is 5.32 Å². The number of ether oxygens (including phenoxy) is 1. The predicted octanol–water partition coefficient (Wildman–Crippen LogP) is 0.793. The molecule has 1 N–H and O–H groups in total. The van der Waals surface area contributed by atoms with E-state index < -0.39 is 5.97 Å². The van der Waals surface area contributed by atoms with Crippen LogP contribution in [-0.4, -0.2) is 18.5 Å². The lowest BCUT2D eigenvalue weighted by atomic mass is 10.1. The number of carboxylic acids is 1. The van der Waals surface area contributed by atoms with Crippen LogP contribution in [0.3, 0.4) is 0 Å². The molecule has 19 heavy (non-hydrogen) atoms. The average Bonchev–Trinajstić information content (AvgIpc) is 2.37. The van der Waals surface area contributed by atoms with E-state index in [0.29, 0.717) is 6.61 Å². The second kappa shape index (κ2) is 7.41. The first-order chi connectivity index (χ1) is 9.02. The van der Waals surface area contributed by atoms with Gasteiger partial charge in [-0.2, -0.15) is 0 Å². The number of carbonyl (C=O) groups excluding carboxylic acids is 2. The molecule has 0 aliphatic heterocycles. The van der Waals surface area contributed by atoms with Crippen molar-refractivity contribution < 1.29 is 19.4 Å². The maximum atomic E-state index is 11.5. The Bertz CT molecular complexity index is 428. The van der Waals surface area contributed by atoms with Crippen molar-refractivity contribution >= 4 is 11.9 Å². The van der Waals surface area contributed by atoms with Crippen molar-refractivity contribution in [2.24, 2.45) is 0 Å². The predicted molar refractivity (Wildman–Crippen MR) is 68.4 cm³/mol. The fraction of sp³-hybridized carbons (Fsp3) is 0.429. The number of hydrogen-bond donors (Lipinski definition) is 1. The Hall–Kier alpha value is -2.04. The van der Waals surface area contributed by atoms with E-state index in [1.54, 1.807) is 0 Å². The van der Waals surface area contributed by atoms with E-state index in [9.17, 15) is 14.7 Å². The van der Waals surface area contributed by atoms with Gasteiger partial charge in [-0.05, 0) is 38.0 Å². The van der Waals surface area contributed by atoms with Crippen LogP contribution in [0, 0.1) is 0 Å². The van der Waals surface area contributed by atoms with Gasteiger partial charge in [-0.15, -0.1) is 0 Å². The van der Waals surface area contributed by atoms with Crippen LogP contribution < -0.4 is 15.2 Å². The van der Waals surface area contributed by atoms with Crippen LogP contribution in [0.4, 0.5) is 0 Å². The van der Waals surface area contributed by atoms with Gasteiger partial charge in [0.25, 0.3) is 0 Å². The number of carboxylic acid groups (broad SMARTS) is 1. The first kappa shape index (κ1) is 15.0. The van der Waals surface area contributed by atoms with Crippen molar-refractivity contribution in [1.82, 2.24) is 5.32 Å². The van der Waals surface area contributed by atoms with Crippen LogP contribution in [-0.2, 0) is 9.59 Å². The average molecular weight is 264 g/mol. The maximum Gasteiger partial charge on any atom is 0.220 e. The molecule has 0 radical (unpaired) electrons. The molecule has 0 spiro atoms. The van der Waals surface area contributed by atoms with Crippen LogP contribution in [0.5, 0.6) is 5.75 Å². The summed E-state index contributed by atoms with van der Waals surface area (Å²) < 4.78 is 5.33. The molecule has 5 heteroatoms. The molecule has 0 aliphatic carbocycles. The first-order valence-corrected chi connectivity index (χ1v) is 6.25. The van der Waals surface area contributed by atoms with E-state index >= 15 is 0 Å². The summed E-state index contributed by atoms with van der Waals surface area (Å²) in [6.07, 6.45) is -0.328. The molecule has 0 fully saturated rings. The molecule has 5 nitrogen and oxygen atoms in total. The molecule has 1 atom stereocenters. The van der Waals surface area contributed by atoms with Crippen molar-refractivity contribution in [2.45, 2.75) is 32.7 Å². The summed E-state index contributed by atoms with van der Waals surface area (Å²) in [5.41, 5.74) is 0.935. The minimum Gasteiger partial charge on any atom is -0.550 e. The topological polar surface area (TPSA) is 78.5 Å². The SMILES string of the molecule is CCOc1ccc([C@@H](C)NC(=O)CCC(=O)[O-])cc1. The highest BCUT2D eigenvalue weighted by atomic mass is 16.5. The Kier molecular flexibility index (Phi) is 5.85. The molecule has 0 unspecified atom stereocenters. The zero-order chi connectivity index (χ0) is 14.3. The van der Waals surface area contributed by atoms with E-state index in [4.69, 9.17) is 4.74 Å². The van der Waals surface area contributed by atoms with Gasteiger partial charge in [0, 0.05) is 12.4 Å². The standard InChI is InChI=1S/C14H19NO4/c1-3-19-12-6-4-11(5-7-12)10(2)15-13(16)8-9-14(17)18/h4-7,10H,3,8-9H2,1-2H3,(H,15,16)(H,17,18)/p-1/t10-/m1/s1. The largest absolute Gasteiger partial charge is 0.550 e. The van der Waals surface area contributed by atoms with E-state index in [1.165, 1.54) is 0 Å². The van der Waals surface area contributed by atoms with Crippen molar-refractivity contribution in [3.63, 3.8) is 0 Å². The quantitative estimate of drug-likeness (QED) is 0.789. The highest BCUT2D eigenvalue weighted by molar-refractivity contribution is 5.80. The molecular formula is C14H18NO4-.